The van der Waals surface area contributed by atoms with E-state index in [4.69, 9.17) is 0 Å². The number of carbonyl (C=O) groups is 1. The van der Waals surface area contributed by atoms with Crippen molar-refractivity contribution in [1.29, 1.82) is 0 Å². The Hall–Kier alpha value is -3.23. The zero-order chi connectivity index (χ0) is 24.1. The number of benzene rings is 2. The lowest BCUT2D eigenvalue weighted by Crippen LogP contribution is -2.37. The van der Waals surface area contributed by atoms with E-state index >= 15 is 0 Å². The largest absolute Gasteiger partial charge is 0.309 e. The fourth-order valence-electron chi connectivity index (χ4n) is 3.14. The number of sulfonamides is 1. The first-order valence-electron chi connectivity index (χ1n) is 10.8. The Balaban J connectivity index is 1.80. The summed E-state index contributed by atoms with van der Waals surface area (Å²) in [6, 6.07) is 20.5. The van der Waals surface area contributed by atoms with Crippen molar-refractivity contribution in [2.75, 3.05) is 18.4 Å². The summed E-state index contributed by atoms with van der Waals surface area (Å²) in [4.78, 5) is 12.9. The van der Waals surface area contributed by atoms with Crippen LogP contribution in [0.5, 0.6) is 0 Å². The zero-order valence-electron chi connectivity index (χ0n) is 19.4. The van der Waals surface area contributed by atoms with Crippen molar-refractivity contribution in [2.24, 2.45) is 0 Å². The van der Waals surface area contributed by atoms with E-state index in [1.807, 2.05) is 87.5 Å². The van der Waals surface area contributed by atoms with Crippen LogP contribution in [0.1, 0.15) is 39.0 Å². The van der Waals surface area contributed by atoms with Crippen LogP contribution in [-0.2, 0) is 20.2 Å². The van der Waals surface area contributed by atoms with E-state index in [1.54, 1.807) is 11.6 Å². The molecule has 1 aromatic heterocycles. The molecule has 0 aliphatic carbocycles. The van der Waals surface area contributed by atoms with Crippen molar-refractivity contribution >= 4 is 27.8 Å². The zero-order valence-corrected chi connectivity index (χ0v) is 20.2. The lowest BCUT2D eigenvalue weighted by molar-refractivity contribution is -0.116. The number of amides is 1. The van der Waals surface area contributed by atoms with E-state index in [1.165, 1.54) is 6.08 Å². The molecule has 0 radical (unpaired) electrons. The van der Waals surface area contributed by atoms with Crippen LogP contribution in [-0.4, -0.2) is 41.5 Å². The fraction of sp³-hybridized carbons (Fsp3) is 0.280. The molecule has 1 N–H and O–H groups in total. The molecule has 0 aliphatic heterocycles. The topological polar surface area (TPSA) is 84.3 Å². The average Bonchev–Trinajstić information content (AvgIpc) is 3.21. The molecule has 3 rings (SSSR count). The van der Waals surface area contributed by atoms with Gasteiger partial charge in [0.25, 0.3) is 0 Å². The molecule has 174 valence electrons. The summed E-state index contributed by atoms with van der Waals surface area (Å²) < 4.78 is 28.4. The lowest BCUT2D eigenvalue weighted by atomic mass is 9.92. The molecule has 7 nitrogen and oxygen atoms in total. The van der Waals surface area contributed by atoms with Gasteiger partial charge in [-0.2, -0.15) is 9.40 Å². The summed E-state index contributed by atoms with van der Waals surface area (Å²) in [6.45, 7) is 7.69. The second-order valence-electron chi connectivity index (χ2n) is 8.64. The first-order valence-corrected chi connectivity index (χ1v) is 12.3. The molecule has 0 unspecified atom stereocenters. The Bertz CT molecular complexity index is 1210. The molecule has 0 bridgehead atoms. The van der Waals surface area contributed by atoms with Gasteiger partial charge in [-0.05, 0) is 23.8 Å². The van der Waals surface area contributed by atoms with Crippen LogP contribution in [0.25, 0.3) is 11.8 Å². The van der Waals surface area contributed by atoms with Gasteiger partial charge in [-0.15, -0.1) is 0 Å². The third kappa shape index (κ3) is 6.40. The molecule has 1 heterocycles. The summed E-state index contributed by atoms with van der Waals surface area (Å²) in [5, 5.41) is 8.65. The number of para-hydroxylation sites is 1. The molecule has 0 aliphatic rings. The summed E-state index contributed by atoms with van der Waals surface area (Å²) in [6.07, 6.45) is 1.52. The van der Waals surface area contributed by atoms with E-state index in [9.17, 15) is 13.2 Å². The number of carbonyl (C=O) groups excluding carboxylic acids is 1. The van der Waals surface area contributed by atoms with Crippen LogP contribution in [0, 0.1) is 0 Å². The molecule has 3 aromatic rings. The summed E-state index contributed by atoms with van der Waals surface area (Å²) in [5.41, 5.74) is 2.16. The van der Waals surface area contributed by atoms with E-state index in [0.717, 1.165) is 26.7 Å². The number of nitrogens with zero attached hydrogens (tertiary/aromatic N) is 3. The van der Waals surface area contributed by atoms with Crippen LogP contribution < -0.4 is 5.32 Å². The number of anilines is 1. The van der Waals surface area contributed by atoms with Gasteiger partial charge < -0.3 is 5.32 Å². The Kier molecular flexibility index (Phi) is 7.50. The summed E-state index contributed by atoms with van der Waals surface area (Å²) in [7, 11) is -3.77. The molecule has 2 aromatic carbocycles. The van der Waals surface area contributed by atoms with E-state index in [-0.39, 0.29) is 18.5 Å². The molecule has 0 saturated carbocycles. The van der Waals surface area contributed by atoms with Crippen molar-refractivity contribution in [2.45, 2.75) is 33.1 Å². The minimum atomic E-state index is -3.77. The third-order valence-electron chi connectivity index (χ3n) is 5.01. The van der Waals surface area contributed by atoms with Gasteiger partial charge in [0.15, 0.2) is 0 Å². The third-order valence-corrected chi connectivity index (χ3v) is 6.60. The Morgan fingerprint density at radius 2 is 1.67 bits per heavy atom. The Labute approximate surface area is 195 Å². The minimum absolute atomic E-state index is 0.167. The first-order chi connectivity index (χ1) is 15.6. The number of likely N-dealkylation sites (N-methyl/N-ethyl adjacent to an activating group) is 1. The lowest BCUT2D eigenvalue weighted by Gasteiger charge is -2.18. The number of aromatic nitrogens is 2. The monoisotopic (exact) mass is 466 g/mol. The van der Waals surface area contributed by atoms with Crippen LogP contribution >= 0.6 is 0 Å². The standard InChI is InChI=1S/C25H30N4O3S/c1-5-28(33(31,32)17-16-20-12-8-6-9-13-20)19-24(30)26-23-18-22(25(2,3)4)27-29(23)21-14-10-7-11-15-21/h6-18H,5,19H2,1-4H3,(H,26,30)/b17-16+. The van der Waals surface area contributed by atoms with Crippen molar-refractivity contribution in [3.63, 3.8) is 0 Å². The highest BCUT2D eigenvalue weighted by Gasteiger charge is 2.24. The van der Waals surface area contributed by atoms with Crippen molar-refractivity contribution in [1.82, 2.24) is 14.1 Å². The van der Waals surface area contributed by atoms with Gasteiger partial charge in [0.1, 0.15) is 5.82 Å². The van der Waals surface area contributed by atoms with Gasteiger partial charge >= 0.3 is 0 Å². The molecule has 0 saturated heterocycles. The minimum Gasteiger partial charge on any atom is -0.309 e. The smallest absolute Gasteiger partial charge is 0.240 e. The quantitative estimate of drug-likeness (QED) is 0.532. The highest BCUT2D eigenvalue weighted by molar-refractivity contribution is 7.92. The first kappa shape index (κ1) is 24.4. The SMILES string of the molecule is CCN(CC(=O)Nc1cc(C(C)(C)C)nn1-c1ccccc1)S(=O)(=O)/C=C/c1ccccc1. The number of hydrogen-bond donors (Lipinski definition) is 1. The van der Waals surface area contributed by atoms with Crippen LogP contribution in [0.3, 0.4) is 0 Å². The van der Waals surface area contributed by atoms with Crippen molar-refractivity contribution in [3.8, 4) is 5.69 Å². The number of rotatable bonds is 8. The molecule has 33 heavy (non-hydrogen) atoms. The van der Waals surface area contributed by atoms with Crippen molar-refractivity contribution in [3.05, 3.63) is 83.4 Å². The molecule has 1 amide bonds. The van der Waals surface area contributed by atoms with Crippen molar-refractivity contribution < 1.29 is 13.2 Å². The van der Waals surface area contributed by atoms with Gasteiger partial charge in [-0.1, -0.05) is 76.2 Å². The molecular weight excluding hydrogens is 436 g/mol. The van der Waals surface area contributed by atoms with Gasteiger partial charge in [0.05, 0.1) is 17.9 Å². The maximum absolute atomic E-state index is 12.9. The Morgan fingerprint density at radius 3 is 2.24 bits per heavy atom. The second-order valence-corrected chi connectivity index (χ2v) is 10.5. The average molecular weight is 467 g/mol. The fourth-order valence-corrected chi connectivity index (χ4v) is 4.30. The maximum atomic E-state index is 12.9. The number of nitrogens with one attached hydrogen (secondary N) is 1. The summed E-state index contributed by atoms with van der Waals surface area (Å²) in [5.74, 6) is 0.0514. The van der Waals surface area contributed by atoms with E-state index in [2.05, 4.69) is 10.4 Å². The van der Waals surface area contributed by atoms with Crippen LogP contribution in [0.2, 0.25) is 0 Å². The predicted molar refractivity (Wildman–Crippen MR) is 133 cm³/mol. The maximum Gasteiger partial charge on any atom is 0.240 e. The van der Waals surface area contributed by atoms with Gasteiger partial charge in [-0.3, -0.25) is 4.79 Å². The van der Waals surface area contributed by atoms with E-state index < -0.39 is 15.9 Å². The van der Waals surface area contributed by atoms with E-state index in [0.29, 0.717) is 5.82 Å². The molecule has 0 fully saturated rings. The highest BCUT2D eigenvalue weighted by atomic mass is 32.2. The normalized spacial score (nSPS) is 12.4. The van der Waals surface area contributed by atoms with Gasteiger partial charge in [-0.25, -0.2) is 13.1 Å². The molecule has 0 atom stereocenters. The molecule has 8 heteroatoms. The molecular formula is C25H30N4O3S. The second kappa shape index (κ2) is 10.1. The summed E-state index contributed by atoms with van der Waals surface area (Å²) >= 11 is 0. The van der Waals surface area contributed by atoms with Gasteiger partial charge in [0, 0.05) is 23.4 Å². The molecule has 0 spiro atoms. The highest BCUT2D eigenvalue weighted by Crippen LogP contribution is 2.26. The van der Waals surface area contributed by atoms with Gasteiger partial charge in [0.2, 0.25) is 15.9 Å². The number of hydrogen-bond acceptors (Lipinski definition) is 4. The Morgan fingerprint density at radius 1 is 1.06 bits per heavy atom. The predicted octanol–water partition coefficient (Wildman–Crippen LogP) is 4.43. The van der Waals surface area contributed by atoms with Crippen LogP contribution in [0.15, 0.2) is 72.1 Å². The van der Waals surface area contributed by atoms with Crippen LogP contribution in [0.4, 0.5) is 5.82 Å².